The molecule has 0 aromatic carbocycles. The molecule has 0 aromatic heterocycles. The van der Waals surface area contributed by atoms with E-state index in [4.69, 9.17) is 15.2 Å². The maximum Gasteiger partial charge on any atom is 0.397 e. The first-order chi connectivity index (χ1) is 10.2. The lowest BCUT2D eigenvalue weighted by Gasteiger charge is -2.26. The van der Waals surface area contributed by atoms with E-state index in [2.05, 4.69) is 14.2 Å². The third kappa shape index (κ3) is 5.01. The highest BCUT2D eigenvalue weighted by Crippen LogP contribution is 2.09. The van der Waals surface area contributed by atoms with Crippen LogP contribution in [-0.4, -0.2) is 90.1 Å². The first kappa shape index (κ1) is 19.0. The Labute approximate surface area is 126 Å². The van der Waals surface area contributed by atoms with Gasteiger partial charge in [0.25, 0.3) is 0 Å². The highest BCUT2D eigenvalue weighted by molar-refractivity contribution is 7.80. The molecule has 0 bridgehead atoms. The van der Waals surface area contributed by atoms with Crippen molar-refractivity contribution in [3.63, 3.8) is 0 Å². The fourth-order valence-electron chi connectivity index (χ4n) is 2.47. The van der Waals surface area contributed by atoms with Crippen LogP contribution < -0.4 is 4.90 Å². The van der Waals surface area contributed by atoms with Gasteiger partial charge in [0, 0.05) is 4.91 Å². The number of nitrogens with one attached hydrogen (secondary N) is 1. The van der Waals surface area contributed by atoms with E-state index in [0.29, 0.717) is 4.90 Å². The zero-order chi connectivity index (χ0) is 16.9. The van der Waals surface area contributed by atoms with Gasteiger partial charge in [-0.05, 0) is 5.53 Å². The van der Waals surface area contributed by atoms with Gasteiger partial charge in [-0.3, -0.25) is 4.55 Å². The lowest BCUT2D eigenvalue weighted by atomic mass is 10.1. The summed E-state index contributed by atoms with van der Waals surface area (Å²) in [6.45, 7) is -1.44. The molecule has 1 fully saturated rings. The summed E-state index contributed by atoms with van der Waals surface area (Å²) in [7, 11) is -4.86. The number of aliphatic hydroxyl groups excluding tert-OH is 4. The molecule has 0 radical (unpaired) electrons. The van der Waals surface area contributed by atoms with Crippen molar-refractivity contribution in [1.82, 2.24) is 0 Å². The third-order valence-corrected chi connectivity index (χ3v) is 4.01. The zero-order valence-electron chi connectivity index (χ0n) is 11.4. The fourth-order valence-corrected chi connectivity index (χ4v) is 2.97. The highest BCUT2D eigenvalue weighted by atomic mass is 32.3. The Kier molecular flexibility index (Phi) is 6.93. The predicted octanol–water partition coefficient (Wildman–Crippen LogP) is -4.17. The van der Waals surface area contributed by atoms with E-state index in [0.717, 1.165) is 0 Å². The van der Waals surface area contributed by atoms with Crippen LogP contribution in [0.4, 0.5) is 0 Å². The molecule has 0 aliphatic carbocycles. The third-order valence-electron chi connectivity index (χ3n) is 3.52. The van der Waals surface area contributed by atoms with E-state index in [1.54, 1.807) is 0 Å². The number of quaternary nitrogens is 1. The predicted molar refractivity (Wildman–Crippen MR) is 70.0 cm³/mol. The van der Waals surface area contributed by atoms with Gasteiger partial charge in [-0.25, -0.2) is 4.18 Å². The molecule has 128 valence electrons. The topological polar surface area (TPSA) is 198 Å². The monoisotopic (exact) mass is 343 g/mol. The number of azide groups is 1. The Balaban J connectivity index is 2.76. The minimum absolute atomic E-state index is 0.0948. The number of rotatable bonds is 8. The van der Waals surface area contributed by atoms with Gasteiger partial charge in [0.1, 0.15) is 36.9 Å². The highest BCUT2D eigenvalue weighted by Gasteiger charge is 2.45. The quantitative estimate of drug-likeness (QED) is 0.110. The molecule has 1 saturated heterocycles. The molecule has 6 atom stereocenters. The number of hydrogen-bond acceptors (Lipinski definition) is 8. The molecule has 0 aromatic rings. The van der Waals surface area contributed by atoms with Crippen molar-refractivity contribution < 1.29 is 42.5 Å². The minimum Gasteiger partial charge on any atom is -0.394 e. The maximum atomic E-state index is 10.6. The second-order valence-corrected chi connectivity index (χ2v) is 5.98. The van der Waals surface area contributed by atoms with Gasteiger partial charge in [0.15, 0.2) is 0 Å². The molecular formula is C9H19N4O8S+. The summed E-state index contributed by atoms with van der Waals surface area (Å²) in [6, 6.07) is -1.56. The molecular weight excluding hydrogens is 324 g/mol. The average Bonchev–Trinajstić information content (AvgIpc) is 2.71. The lowest BCUT2D eigenvalue weighted by molar-refractivity contribution is -0.918. The molecule has 1 aliphatic rings. The number of likely N-dealkylation sites (tertiary alicyclic amines) is 1. The van der Waals surface area contributed by atoms with Crippen LogP contribution in [0.3, 0.4) is 0 Å². The Morgan fingerprint density at radius 3 is 2.55 bits per heavy atom. The van der Waals surface area contributed by atoms with Crippen molar-refractivity contribution in [2.75, 3.05) is 26.3 Å². The summed E-state index contributed by atoms with van der Waals surface area (Å²) in [6.07, 6.45) is -4.23. The Bertz CT molecular complexity index is 510. The molecule has 0 spiro atoms. The Hall–Kier alpha value is -1.02. The number of nitrogens with zero attached hydrogens (tertiary/aromatic N) is 3. The molecule has 1 rings (SSSR count). The van der Waals surface area contributed by atoms with Crippen molar-refractivity contribution in [3.05, 3.63) is 10.4 Å². The van der Waals surface area contributed by atoms with E-state index < -0.39 is 54.0 Å². The number of hydrogen-bond donors (Lipinski definition) is 6. The molecule has 0 saturated carbocycles. The van der Waals surface area contributed by atoms with Crippen molar-refractivity contribution in [1.29, 1.82) is 0 Å². The molecule has 1 aliphatic heterocycles. The van der Waals surface area contributed by atoms with Gasteiger partial charge in [0.2, 0.25) is 0 Å². The lowest BCUT2D eigenvalue weighted by Crippen LogP contribution is -3.16. The first-order valence-electron chi connectivity index (χ1n) is 6.35. The van der Waals surface area contributed by atoms with Gasteiger partial charge in [-0.1, -0.05) is 5.11 Å². The normalized spacial score (nSPS) is 31.5. The van der Waals surface area contributed by atoms with E-state index in [-0.39, 0.29) is 13.1 Å². The molecule has 13 heteroatoms. The summed E-state index contributed by atoms with van der Waals surface area (Å²) in [5.41, 5.74) is 8.40. The SMILES string of the molecule is [N-]=[N+]=N[C@@H]1C[NH+](C[C@@H](O)[C@H](CO)OS(=O)(=O)O)[C@H](CO)[C@H]1O. The van der Waals surface area contributed by atoms with Gasteiger partial charge < -0.3 is 25.3 Å². The standard InChI is InChI=1S/C9H18N4O8S/c10-12-11-5-1-13(6(3-14)9(5)17)2-7(16)8(4-15)21-22(18,19)20/h5-9,14-17H,1-4H2,(H,18,19,20)/p+1/t5-,6-,7-,8+,9+/m1/s1. The van der Waals surface area contributed by atoms with Crippen molar-refractivity contribution >= 4 is 10.4 Å². The van der Waals surface area contributed by atoms with E-state index in [1.807, 2.05) is 0 Å². The van der Waals surface area contributed by atoms with Crippen LogP contribution in [0.1, 0.15) is 0 Å². The summed E-state index contributed by atoms with van der Waals surface area (Å²) < 4.78 is 33.9. The van der Waals surface area contributed by atoms with Crippen LogP contribution in [0.25, 0.3) is 10.4 Å². The largest absolute Gasteiger partial charge is 0.397 e. The Morgan fingerprint density at radius 2 is 2.09 bits per heavy atom. The van der Waals surface area contributed by atoms with Gasteiger partial charge in [-0.15, -0.1) is 0 Å². The zero-order valence-corrected chi connectivity index (χ0v) is 12.2. The molecule has 6 N–H and O–H groups in total. The van der Waals surface area contributed by atoms with E-state index >= 15 is 0 Å². The molecule has 12 nitrogen and oxygen atoms in total. The van der Waals surface area contributed by atoms with Crippen LogP contribution in [0, 0.1) is 0 Å². The van der Waals surface area contributed by atoms with Gasteiger partial charge >= 0.3 is 10.4 Å². The van der Waals surface area contributed by atoms with E-state index in [9.17, 15) is 23.7 Å². The molecule has 0 amide bonds. The van der Waals surface area contributed by atoms with E-state index in [1.165, 1.54) is 0 Å². The summed E-state index contributed by atoms with van der Waals surface area (Å²) in [4.78, 5) is 3.02. The van der Waals surface area contributed by atoms with Crippen molar-refractivity contribution in [2.24, 2.45) is 5.11 Å². The second-order valence-electron chi connectivity index (χ2n) is 4.93. The van der Waals surface area contributed by atoms with Crippen LogP contribution >= 0.6 is 0 Å². The molecule has 1 unspecified atom stereocenters. The summed E-state index contributed by atoms with van der Waals surface area (Å²) in [5.74, 6) is 0. The van der Waals surface area contributed by atoms with Crippen LogP contribution in [0.2, 0.25) is 0 Å². The van der Waals surface area contributed by atoms with Gasteiger partial charge in [-0.2, -0.15) is 8.42 Å². The molecule has 1 heterocycles. The van der Waals surface area contributed by atoms with Gasteiger partial charge in [0.05, 0.1) is 19.8 Å². The smallest absolute Gasteiger partial charge is 0.394 e. The maximum absolute atomic E-state index is 10.6. The van der Waals surface area contributed by atoms with Crippen molar-refractivity contribution in [3.8, 4) is 0 Å². The van der Waals surface area contributed by atoms with Crippen LogP contribution in [-0.2, 0) is 14.6 Å². The van der Waals surface area contributed by atoms with Crippen LogP contribution in [0.15, 0.2) is 5.11 Å². The van der Waals surface area contributed by atoms with Crippen LogP contribution in [0.5, 0.6) is 0 Å². The summed E-state index contributed by atoms with van der Waals surface area (Å²) in [5, 5.41) is 41.5. The van der Waals surface area contributed by atoms with Crippen molar-refractivity contribution in [2.45, 2.75) is 30.4 Å². The molecule has 22 heavy (non-hydrogen) atoms. The number of aliphatic hydroxyl groups is 4. The summed E-state index contributed by atoms with van der Waals surface area (Å²) >= 11 is 0. The first-order valence-corrected chi connectivity index (χ1v) is 7.72. The fraction of sp³-hybridized carbons (Fsp3) is 1.00. The second kappa shape index (κ2) is 8.01. The average molecular weight is 343 g/mol. The minimum atomic E-state index is -4.86. The Morgan fingerprint density at radius 1 is 1.45 bits per heavy atom.